The van der Waals surface area contributed by atoms with Crippen LogP contribution in [0.2, 0.25) is 0 Å². The van der Waals surface area contributed by atoms with Crippen molar-refractivity contribution in [2.45, 2.75) is 20.3 Å². The molecule has 0 aliphatic rings. The Balaban J connectivity index is 0. The van der Waals surface area contributed by atoms with Crippen molar-refractivity contribution in [2.75, 3.05) is 0 Å². The van der Waals surface area contributed by atoms with Crippen LogP contribution in [0.1, 0.15) is 20.3 Å². The highest BCUT2D eigenvalue weighted by molar-refractivity contribution is 7.59. The van der Waals surface area contributed by atoms with Gasteiger partial charge >= 0.3 is 10.6 Å². The highest BCUT2D eigenvalue weighted by atomic mass is 32.2. The number of Topliss-reactive ketones (excluding diaryl/α,β-unsaturated/α-hetero) is 1. The topological polar surface area (TPSA) is 68.3 Å². The van der Waals surface area contributed by atoms with E-state index in [0.717, 1.165) is 0 Å². The van der Waals surface area contributed by atoms with Gasteiger partial charge in [0.2, 0.25) is 0 Å². The third-order valence-corrected chi connectivity index (χ3v) is 0.498. The molecule has 54 valence electrons. The van der Waals surface area contributed by atoms with Crippen molar-refractivity contribution in [3.05, 3.63) is 0 Å². The Hall–Kier alpha value is -0.710. The lowest BCUT2D eigenvalue weighted by Crippen LogP contribution is -1.80. The van der Waals surface area contributed by atoms with Crippen molar-refractivity contribution in [1.29, 1.82) is 0 Å². The van der Waals surface area contributed by atoms with Crippen molar-refractivity contribution in [3.8, 4) is 0 Å². The van der Waals surface area contributed by atoms with Crippen LogP contribution < -0.4 is 0 Å². The number of carbonyl (C=O) groups is 1. The molecule has 0 aliphatic carbocycles. The lowest BCUT2D eigenvalue weighted by atomic mass is 10.4. The molecule has 5 heteroatoms. The Bertz CT molecular complexity index is 157. The molecule has 0 aromatic heterocycles. The highest BCUT2D eigenvalue weighted by Gasteiger charge is 1.76. The fourth-order valence-electron chi connectivity index (χ4n) is 0. The first kappa shape index (κ1) is 11.1. The van der Waals surface area contributed by atoms with E-state index in [-0.39, 0.29) is 5.78 Å². The standard InChI is InChI=1S/C4H8O.O3S/c1-3-4(2)5;1-4(2)3/h3H2,1-2H3;. The second kappa shape index (κ2) is 7.29. The summed E-state index contributed by atoms with van der Waals surface area (Å²) in [5.74, 6) is 0.255. The summed E-state index contributed by atoms with van der Waals surface area (Å²) in [6.07, 6.45) is 0.667. The molecule has 0 aliphatic heterocycles. The summed E-state index contributed by atoms with van der Waals surface area (Å²) in [6.45, 7) is 3.43. The minimum Gasteiger partial charge on any atom is -0.300 e. The van der Waals surface area contributed by atoms with E-state index >= 15 is 0 Å². The maximum absolute atomic E-state index is 9.81. The molecule has 0 heterocycles. The molecule has 0 spiro atoms. The zero-order chi connectivity index (χ0) is 7.86. The number of hydrogen-bond donors (Lipinski definition) is 0. The molecule has 0 aromatic carbocycles. The van der Waals surface area contributed by atoms with Crippen LogP contribution in [0.5, 0.6) is 0 Å². The maximum atomic E-state index is 9.81. The number of ketones is 1. The number of hydrogen-bond acceptors (Lipinski definition) is 4. The Labute approximate surface area is 54.9 Å². The van der Waals surface area contributed by atoms with E-state index in [1.54, 1.807) is 6.92 Å². The van der Waals surface area contributed by atoms with Crippen LogP contribution in [-0.2, 0) is 15.4 Å². The second-order valence-corrected chi connectivity index (χ2v) is 1.67. The van der Waals surface area contributed by atoms with Crippen LogP contribution in [0, 0.1) is 0 Å². The van der Waals surface area contributed by atoms with E-state index in [4.69, 9.17) is 12.6 Å². The smallest absolute Gasteiger partial charge is 0.300 e. The van der Waals surface area contributed by atoms with Crippen LogP contribution >= 0.6 is 0 Å². The van der Waals surface area contributed by atoms with Gasteiger partial charge in [-0.15, -0.1) is 12.6 Å². The maximum Gasteiger partial charge on any atom is 0.425 e. The molecule has 0 atom stereocenters. The van der Waals surface area contributed by atoms with Crippen molar-refractivity contribution >= 4 is 16.4 Å². The van der Waals surface area contributed by atoms with Gasteiger partial charge in [0.1, 0.15) is 5.78 Å². The largest absolute Gasteiger partial charge is 0.425 e. The summed E-state index contributed by atoms with van der Waals surface area (Å²) in [7, 11) is -3.11. The molecular formula is C4H8O4S. The van der Waals surface area contributed by atoms with Gasteiger partial charge < -0.3 is 4.79 Å². The third kappa shape index (κ3) is 123. The summed E-state index contributed by atoms with van der Waals surface area (Å²) in [4.78, 5) is 9.81. The molecule has 0 radical (unpaired) electrons. The lowest BCUT2D eigenvalue weighted by Gasteiger charge is -1.71. The van der Waals surface area contributed by atoms with Crippen LogP contribution in [0.4, 0.5) is 0 Å². The third-order valence-electron chi connectivity index (χ3n) is 0.498. The van der Waals surface area contributed by atoms with Gasteiger partial charge in [-0.05, 0) is 6.92 Å². The van der Waals surface area contributed by atoms with E-state index in [9.17, 15) is 4.79 Å². The zero-order valence-electron chi connectivity index (χ0n) is 5.25. The van der Waals surface area contributed by atoms with Gasteiger partial charge in [0.25, 0.3) is 0 Å². The van der Waals surface area contributed by atoms with Gasteiger partial charge in [-0.25, -0.2) is 0 Å². The van der Waals surface area contributed by atoms with Gasteiger partial charge in [-0.2, -0.15) is 0 Å². The predicted octanol–water partition coefficient (Wildman–Crippen LogP) is -0.0187. The summed E-state index contributed by atoms with van der Waals surface area (Å²) < 4.78 is 25.3. The van der Waals surface area contributed by atoms with Gasteiger partial charge in [0.05, 0.1) is 0 Å². The summed E-state index contributed by atoms with van der Waals surface area (Å²) >= 11 is 0. The fraction of sp³-hybridized carbons (Fsp3) is 0.750. The molecule has 0 bridgehead atoms. The second-order valence-electron chi connectivity index (χ2n) is 1.26. The average molecular weight is 152 g/mol. The molecule has 0 N–H and O–H groups in total. The van der Waals surface area contributed by atoms with Crippen LogP contribution in [-0.4, -0.2) is 18.4 Å². The molecule has 0 saturated heterocycles. The molecule has 0 saturated carbocycles. The molecule has 0 amide bonds. The summed E-state index contributed by atoms with van der Waals surface area (Å²) in [5, 5.41) is 0. The average Bonchev–Trinajstić information content (AvgIpc) is 1.65. The Morgan fingerprint density at radius 1 is 1.33 bits per heavy atom. The van der Waals surface area contributed by atoms with E-state index in [2.05, 4.69) is 0 Å². The Morgan fingerprint density at radius 2 is 1.44 bits per heavy atom. The number of rotatable bonds is 1. The van der Waals surface area contributed by atoms with Gasteiger partial charge in [-0.1, -0.05) is 6.92 Å². The minimum absolute atomic E-state index is 0.255. The molecule has 0 aromatic rings. The van der Waals surface area contributed by atoms with Crippen molar-refractivity contribution in [1.82, 2.24) is 0 Å². The zero-order valence-corrected chi connectivity index (χ0v) is 6.06. The first-order valence-corrected chi connectivity index (χ1v) is 3.26. The van der Waals surface area contributed by atoms with E-state index in [1.807, 2.05) is 6.92 Å². The molecule has 4 nitrogen and oxygen atoms in total. The van der Waals surface area contributed by atoms with Gasteiger partial charge in [-0.3, -0.25) is 0 Å². The van der Waals surface area contributed by atoms with Crippen molar-refractivity contribution in [2.24, 2.45) is 0 Å². The van der Waals surface area contributed by atoms with Crippen molar-refractivity contribution in [3.63, 3.8) is 0 Å². The monoisotopic (exact) mass is 152 g/mol. The lowest BCUT2D eigenvalue weighted by molar-refractivity contribution is -0.116. The van der Waals surface area contributed by atoms with Crippen LogP contribution in [0.3, 0.4) is 0 Å². The van der Waals surface area contributed by atoms with E-state index < -0.39 is 10.6 Å². The van der Waals surface area contributed by atoms with Gasteiger partial charge in [0.15, 0.2) is 0 Å². The normalized spacial score (nSPS) is 6.89. The Morgan fingerprint density at radius 3 is 1.44 bits per heavy atom. The van der Waals surface area contributed by atoms with Crippen LogP contribution in [0.25, 0.3) is 0 Å². The SMILES string of the molecule is CCC(C)=O.O=S(=O)=O. The number of carbonyl (C=O) groups excluding carboxylic acids is 1. The molecular weight excluding hydrogens is 144 g/mol. The van der Waals surface area contributed by atoms with Crippen LogP contribution in [0.15, 0.2) is 0 Å². The quantitative estimate of drug-likeness (QED) is 0.529. The first-order valence-electron chi connectivity index (χ1n) is 2.26. The highest BCUT2D eigenvalue weighted by Crippen LogP contribution is 1.71. The Kier molecular flexibility index (Phi) is 9.02. The molecule has 9 heavy (non-hydrogen) atoms. The molecule has 0 unspecified atom stereocenters. The molecule has 0 fully saturated rings. The van der Waals surface area contributed by atoms with E-state index in [1.165, 1.54) is 0 Å². The summed E-state index contributed by atoms with van der Waals surface area (Å²) in [5.41, 5.74) is 0. The van der Waals surface area contributed by atoms with E-state index in [0.29, 0.717) is 6.42 Å². The first-order chi connectivity index (χ1) is 4.00. The van der Waals surface area contributed by atoms with Crippen molar-refractivity contribution < 1.29 is 17.4 Å². The predicted molar refractivity (Wildman–Crippen MR) is 30.7 cm³/mol. The minimum atomic E-state index is -3.11. The fourth-order valence-corrected chi connectivity index (χ4v) is 0. The molecule has 0 rings (SSSR count). The van der Waals surface area contributed by atoms with Gasteiger partial charge in [0, 0.05) is 6.42 Å². The summed E-state index contributed by atoms with van der Waals surface area (Å²) in [6, 6.07) is 0.